The summed E-state index contributed by atoms with van der Waals surface area (Å²) in [4.78, 5) is 25.8. The molecule has 2 aromatic heterocycles. The number of nitrogens with zero attached hydrogens (tertiary/aromatic N) is 4. The zero-order valence-electron chi connectivity index (χ0n) is 9.16. The summed E-state index contributed by atoms with van der Waals surface area (Å²) in [5.74, 6) is 0.660. The molecular weight excluding hydrogens is 324 g/mol. The highest BCUT2D eigenvalue weighted by atomic mass is 79.9. The molecule has 0 spiro atoms. The molecule has 0 saturated heterocycles. The first kappa shape index (κ1) is 12.8. The first-order valence-electron chi connectivity index (χ1n) is 4.92. The smallest absolute Gasteiger partial charge is 0.290 e. The van der Waals surface area contributed by atoms with E-state index >= 15 is 0 Å². The van der Waals surface area contributed by atoms with Crippen LogP contribution >= 0.6 is 27.5 Å². The van der Waals surface area contributed by atoms with Crippen molar-refractivity contribution >= 4 is 33.1 Å². The van der Waals surface area contributed by atoms with Crippen molar-refractivity contribution in [1.29, 1.82) is 0 Å². The molecule has 94 valence electrons. The van der Waals surface area contributed by atoms with E-state index in [4.69, 9.17) is 0 Å². The second-order valence-corrected chi connectivity index (χ2v) is 4.92. The van der Waals surface area contributed by atoms with Gasteiger partial charge in [0, 0.05) is 24.2 Å². The largest absolute Gasteiger partial charge is 0.333 e. The fraction of sp³-hybridized carbons (Fsp3) is 0.222. The lowest BCUT2D eigenvalue weighted by Crippen LogP contribution is -2.12. The molecule has 0 atom stereocenters. The first-order chi connectivity index (χ1) is 8.52. The summed E-state index contributed by atoms with van der Waals surface area (Å²) in [6, 6.07) is 0. The minimum absolute atomic E-state index is 0.116. The van der Waals surface area contributed by atoms with Gasteiger partial charge in [-0.05, 0) is 15.9 Å². The van der Waals surface area contributed by atoms with Crippen LogP contribution in [0.25, 0.3) is 5.13 Å². The molecule has 9 heteroatoms. The first-order valence-corrected chi connectivity index (χ1v) is 6.48. The van der Waals surface area contributed by atoms with Crippen LogP contribution in [-0.2, 0) is 6.42 Å². The van der Waals surface area contributed by atoms with Crippen molar-refractivity contribution in [3.63, 3.8) is 0 Å². The van der Waals surface area contributed by atoms with Crippen LogP contribution in [0, 0.1) is 10.1 Å². The van der Waals surface area contributed by atoms with Crippen molar-refractivity contribution in [2.24, 2.45) is 0 Å². The highest BCUT2D eigenvalue weighted by Crippen LogP contribution is 2.17. The average Bonchev–Trinajstić information content (AvgIpc) is 2.80. The molecule has 0 aromatic carbocycles. The Kier molecular flexibility index (Phi) is 3.53. The van der Waals surface area contributed by atoms with E-state index in [9.17, 15) is 14.9 Å². The van der Waals surface area contributed by atoms with Crippen LogP contribution in [0.15, 0.2) is 21.7 Å². The Bertz CT molecular complexity index is 666. The Morgan fingerprint density at radius 2 is 2.28 bits per heavy atom. The number of hydrogen-bond donors (Lipinski definition) is 0. The van der Waals surface area contributed by atoms with Crippen molar-refractivity contribution in [2.75, 3.05) is 0 Å². The minimum atomic E-state index is -0.717. The fourth-order valence-corrected chi connectivity index (χ4v) is 2.39. The Morgan fingerprint density at radius 3 is 2.83 bits per heavy atom. The van der Waals surface area contributed by atoms with Crippen LogP contribution in [-0.4, -0.2) is 18.8 Å². The number of nitro groups is 1. The van der Waals surface area contributed by atoms with Gasteiger partial charge >= 0.3 is 5.69 Å². The van der Waals surface area contributed by atoms with E-state index in [1.54, 1.807) is 0 Å². The van der Waals surface area contributed by atoms with Gasteiger partial charge in [-0.2, -0.15) is 4.37 Å². The zero-order chi connectivity index (χ0) is 13.3. The number of rotatable bonds is 3. The lowest BCUT2D eigenvalue weighted by molar-refractivity contribution is -0.386. The van der Waals surface area contributed by atoms with Crippen molar-refractivity contribution in [3.8, 4) is 5.13 Å². The number of aromatic nitrogens is 3. The molecule has 2 heterocycles. The standard InChI is InChI=1S/C9H7BrN4O3S/c1-2-7-11-9(18-12-7)13-3-5(10)8(15)6(4-13)14(16)17/h3-4H,2H2,1H3. The van der Waals surface area contributed by atoms with Crippen LogP contribution in [0.3, 0.4) is 0 Å². The Balaban J connectivity index is 2.58. The van der Waals surface area contributed by atoms with Gasteiger partial charge in [-0.1, -0.05) is 6.92 Å². The molecule has 0 N–H and O–H groups in total. The summed E-state index contributed by atoms with van der Waals surface area (Å²) in [6.07, 6.45) is 3.27. The van der Waals surface area contributed by atoms with Crippen molar-refractivity contribution in [2.45, 2.75) is 13.3 Å². The number of halogens is 1. The predicted molar refractivity (Wildman–Crippen MR) is 69.2 cm³/mol. The van der Waals surface area contributed by atoms with Gasteiger partial charge in [-0.25, -0.2) is 4.98 Å². The Labute approximate surface area is 114 Å². The molecule has 0 aliphatic rings. The molecule has 0 bridgehead atoms. The summed E-state index contributed by atoms with van der Waals surface area (Å²) in [7, 11) is 0. The summed E-state index contributed by atoms with van der Waals surface area (Å²) in [6.45, 7) is 1.91. The topological polar surface area (TPSA) is 90.9 Å². The third kappa shape index (κ3) is 2.31. The Hall–Kier alpha value is -1.61. The van der Waals surface area contributed by atoms with E-state index in [1.807, 2.05) is 6.92 Å². The highest BCUT2D eigenvalue weighted by Gasteiger charge is 2.17. The normalized spacial score (nSPS) is 10.6. The van der Waals surface area contributed by atoms with Crippen LogP contribution in [0.2, 0.25) is 0 Å². The maximum absolute atomic E-state index is 11.5. The molecular formula is C9H7BrN4O3S. The molecule has 2 rings (SSSR count). The monoisotopic (exact) mass is 330 g/mol. The van der Waals surface area contributed by atoms with E-state index in [-0.39, 0.29) is 4.47 Å². The van der Waals surface area contributed by atoms with Crippen molar-refractivity contribution in [1.82, 2.24) is 13.9 Å². The SMILES string of the molecule is CCc1nsc(-n2cc(Br)c(=O)c([N+](=O)[O-])c2)n1. The van der Waals surface area contributed by atoms with E-state index in [0.717, 1.165) is 17.7 Å². The minimum Gasteiger partial charge on any atom is -0.290 e. The highest BCUT2D eigenvalue weighted by molar-refractivity contribution is 9.10. The number of pyridine rings is 1. The average molecular weight is 331 g/mol. The van der Waals surface area contributed by atoms with Crippen LogP contribution in [0.4, 0.5) is 5.69 Å². The summed E-state index contributed by atoms with van der Waals surface area (Å²) >= 11 is 4.12. The molecule has 18 heavy (non-hydrogen) atoms. The summed E-state index contributed by atoms with van der Waals surface area (Å²) in [5, 5.41) is 11.2. The van der Waals surface area contributed by atoms with Gasteiger partial charge in [0.15, 0.2) is 0 Å². The van der Waals surface area contributed by atoms with Gasteiger partial charge in [0.05, 0.1) is 15.6 Å². The maximum atomic E-state index is 11.5. The lowest BCUT2D eigenvalue weighted by atomic mass is 10.4. The maximum Gasteiger partial charge on any atom is 0.333 e. The van der Waals surface area contributed by atoms with E-state index in [2.05, 4.69) is 25.3 Å². The molecule has 0 aliphatic heterocycles. The van der Waals surface area contributed by atoms with Gasteiger partial charge < -0.3 is 0 Å². The predicted octanol–water partition coefficient (Wildman–Crippen LogP) is 1.92. The number of aryl methyl sites for hydroxylation is 1. The molecule has 0 aliphatic carbocycles. The molecule has 0 radical (unpaired) electrons. The molecule has 0 fully saturated rings. The van der Waals surface area contributed by atoms with Gasteiger partial charge in [0.1, 0.15) is 5.82 Å². The van der Waals surface area contributed by atoms with Gasteiger partial charge in [-0.3, -0.25) is 19.5 Å². The van der Waals surface area contributed by atoms with Crippen molar-refractivity contribution < 1.29 is 4.92 Å². The van der Waals surface area contributed by atoms with Gasteiger partial charge in [0.2, 0.25) is 5.13 Å². The zero-order valence-corrected chi connectivity index (χ0v) is 11.6. The number of hydrogen-bond acceptors (Lipinski definition) is 6. The van der Waals surface area contributed by atoms with Crippen LogP contribution in [0.5, 0.6) is 0 Å². The third-order valence-corrected chi connectivity index (χ3v) is 3.49. The Morgan fingerprint density at radius 1 is 1.56 bits per heavy atom. The molecule has 0 amide bonds. The second kappa shape index (κ2) is 4.94. The molecule has 7 nitrogen and oxygen atoms in total. The lowest BCUT2D eigenvalue weighted by Gasteiger charge is -2.01. The van der Waals surface area contributed by atoms with Crippen LogP contribution in [0.1, 0.15) is 12.7 Å². The fourth-order valence-electron chi connectivity index (χ4n) is 1.26. The van der Waals surface area contributed by atoms with Crippen LogP contribution < -0.4 is 5.43 Å². The van der Waals surface area contributed by atoms with Crippen molar-refractivity contribution in [3.05, 3.63) is 43.0 Å². The molecule has 2 aromatic rings. The van der Waals surface area contributed by atoms with E-state index in [0.29, 0.717) is 17.4 Å². The molecule has 0 unspecified atom stereocenters. The quantitative estimate of drug-likeness (QED) is 0.633. The summed E-state index contributed by atoms with van der Waals surface area (Å²) < 4.78 is 5.62. The van der Waals surface area contributed by atoms with E-state index in [1.165, 1.54) is 10.8 Å². The molecule has 0 saturated carbocycles. The second-order valence-electron chi connectivity index (χ2n) is 3.33. The van der Waals surface area contributed by atoms with Gasteiger partial charge in [-0.15, -0.1) is 0 Å². The third-order valence-electron chi connectivity index (χ3n) is 2.15. The van der Waals surface area contributed by atoms with E-state index < -0.39 is 16.0 Å². The van der Waals surface area contributed by atoms with Gasteiger partial charge in [0.25, 0.3) is 5.43 Å². The summed E-state index contributed by atoms with van der Waals surface area (Å²) in [5.41, 5.74) is -1.16.